The van der Waals surface area contributed by atoms with Crippen molar-refractivity contribution in [1.29, 1.82) is 0 Å². The number of anilines is 1. The second-order valence-electron chi connectivity index (χ2n) is 6.39. The zero-order chi connectivity index (χ0) is 19.0. The lowest BCUT2D eigenvalue weighted by molar-refractivity contribution is 0.0995. The summed E-state index contributed by atoms with van der Waals surface area (Å²) in [6.45, 7) is 0. The highest BCUT2D eigenvalue weighted by molar-refractivity contribution is 6.12. The maximum absolute atomic E-state index is 13.4. The number of hydrogen-bond acceptors (Lipinski definition) is 2. The second-order valence-corrected chi connectivity index (χ2v) is 6.39. The van der Waals surface area contributed by atoms with Crippen LogP contribution >= 0.6 is 0 Å². The molecule has 0 bridgehead atoms. The number of hydrogen-bond donors (Lipinski definition) is 1. The lowest BCUT2D eigenvalue weighted by Crippen LogP contribution is -2.15. The highest BCUT2D eigenvalue weighted by Crippen LogP contribution is 2.37. The summed E-state index contributed by atoms with van der Waals surface area (Å²) in [6.07, 6.45) is 0.987. The van der Waals surface area contributed by atoms with Crippen LogP contribution in [0.25, 0.3) is 11.1 Å². The van der Waals surface area contributed by atoms with E-state index in [-0.39, 0.29) is 11.3 Å². The summed E-state index contributed by atoms with van der Waals surface area (Å²) < 4.78 is 26.5. The van der Waals surface area contributed by atoms with E-state index in [1.165, 1.54) is 6.07 Å². The topological polar surface area (TPSA) is 46.2 Å². The number of nitrogens with one attached hydrogen (secondary N) is 1. The van der Waals surface area contributed by atoms with Crippen molar-refractivity contribution in [1.82, 2.24) is 0 Å². The molecule has 3 aromatic carbocycles. The van der Waals surface area contributed by atoms with E-state index in [9.17, 15) is 18.4 Å². The number of benzene rings is 3. The zero-order valence-corrected chi connectivity index (χ0v) is 14.3. The summed E-state index contributed by atoms with van der Waals surface area (Å²) >= 11 is 0. The molecule has 5 heteroatoms. The Hall–Kier alpha value is -3.34. The van der Waals surface area contributed by atoms with Gasteiger partial charge in [0.15, 0.2) is 17.4 Å². The first-order chi connectivity index (χ1) is 13.0. The van der Waals surface area contributed by atoms with Gasteiger partial charge in [-0.2, -0.15) is 0 Å². The van der Waals surface area contributed by atoms with Crippen molar-refractivity contribution in [3.63, 3.8) is 0 Å². The van der Waals surface area contributed by atoms with Crippen LogP contribution in [-0.2, 0) is 6.42 Å². The predicted octanol–water partition coefficient (Wildman–Crippen LogP) is 5.01. The van der Waals surface area contributed by atoms with E-state index in [1.54, 1.807) is 6.07 Å². The molecule has 134 valence electrons. The molecule has 1 aliphatic carbocycles. The fraction of sp³-hybridized carbons (Fsp3) is 0.0909. The lowest BCUT2D eigenvalue weighted by Gasteiger charge is -2.14. The number of carbonyl (C=O) groups excluding carboxylic acids is 2. The molecule has 0 saturated carbocycles. The molecule has 1 amide bonds. The van der Waals surface area contributed by atoms with Crippen molar-refractivity contribution in [2.24, 2.45) is 0 Å². The van der Waals surface area contributed by atoms with Crippen molar-refractivity contribution in [2.45, 2.75) is 12.8 Å². The summed E-state index contributed by atoms with van der Waals surface area (Å²) in [5.74, 6) is -2.75. The average molecular weight is 363 g/mol. The Kier molecular flexibility index (Phi) is 4.28. The Morgan fingerprint density at radius 3 is 2.41 bits per heavy atom. The minimum absolute atomic E-state index is 0.0137. The molecule has 1 aliphatic rings. The summed E-state index contributed by atoms with van der Waals surface area (Å²) in [4.78, 5) is 24.9. The molecular formula is C22H15F2NO2. The largest absolute Gasteiger partial charge is 0.321 e. The SMILES string of the molecule is O=C(Nc1ccc(-c2ccccc2)c2c1C(=O)CC2)c1ccc(F)c(F)c1. The number of halogens is 2. The molecule has 0 saturated heterocycles. The molecule has 4 rings (SSSR count). The Morgan fingerprint density at radius 2 is 1.67 bits per heavy atom. The van der Waals surface area contributed by atoms with Crippen LogP contribution in [0.5, 0.6) is 0 Å². The van der Waals surface area contributed by atoms with Gasteiger partial charge in [-0.1, -0.05) is 36.4 Å². The van der Waals surface area contributed by atoms with Crippen LogP contribution in [0.4, 0.5) is 14.5 Å². The molecule has 0 aliphatic heterocycles. The van der Waals surface area contributed by atoms with Gasteiger partial charge in [-0.3, -0.25) is 9.59 Å². The molecule has 0 aromatic heterocycles. The quantitative estimate of drug-likeness (QED) is 0.711. The Bertz CT molecular complexity index is 1060. The third kappa shape index (κ3) is 3.12. The molecule has 3 nitrogen and oxygen atoms in total. The molecule has 3 aromatic rings. The van der Waals surface area contributed by atoms with Gasteiger partial charge >= 0.3 is 0 Å². The monoisotopic (exact) mass is 363 g/mol. The van der Waals surface area contributed by atoms with Crippen LogP contribution in [0.1, 0.15) is 32.7 Å². The summed E-state index contributed by atoms with van der Waals surface area (Å²) in [5.41, 5.74) is 3.73. The average Bonchev–Trinajstić information content (AvgIpc) is 3.07. The van der Waals surface area contributed by atoms with Crippen molar-refractivity contribution in [3.05, 3.63) is 89.0 Å². The van der Waals surface area contributed by atoms with Gasteiger partial charge in [-0.15, -0.1) is 0 Å². The van der Waals surface area contributed by atoms with E-state index in [2.05, 4.69) is 5.32 Å². The number of Topliss-reactive ketones (excluding diaryl/α,β-unsaturated/α-hetero) is 1. The highest BCUT2D eigenvalue weighted by Gasteiger charge is 2.27. The van der Waals surface area contributed by atoms with E-state index in [0.29, 0.717) is 24.1 Å². The minimum Gasteiger partial charge on any atom is -0.321 e. The molecule has 27 heavy (non-hydrogen) atoms. The van der Waals surface area contributed by atoms with E-state index in [0.717, 1.165) is 28.8 Å². The predicted molar refractivity (Wildman–Crippen MR) is 98.8 cm³/mol. The van der Waals surface area contributed by atoms with Crippen molar-refractivity contribution in [2.75, 3.05) is 5.32 Å². The van der Waals surface area contributed by atoms with Gasteiger partial charge in [-0.05, 0) is 47.4 Å². The molecule has 0 fully saturated rings. The van der Waals surface area contributed by atoms with E-state index < -0.39 is 17.5 Å². The summed E-state index contributed by atoms with van der Waals surface area (Å²) in [5, 5.41) is 2.67. The smallest absolute Gasteiger partial charge is 0.255 e. The number of carbonyl (C=O) groups is 2. The molecule has 0 heterocycles. The molecule has 0 atom stereocenters. The highest BCUT2D eigenvalue weighted by atomic mass is 19.2. The normalized spacial score (nSPS) is 12.7. The summed E-state index contributed by atoms with van der Waals surface area (Å²) in [6, 6.07) is 16.2. The number of amides is 1. The van der Waals surface area contributed by atoms with Crippen LogP contribution in [0.2, 0.25) is 0 Å². The summed E-state index contributed by atoms with van der Waals surface area (Å²) in [7, 11) is 0. The second kappa shape index (κ2) is 6.76. The van der Waals surface area contributed by atoms with Gasteiger partial charge in [0.1, 0.15) is 0 Å². The third-order valence-corrected chi connectivity index (χ3v) is 4.71. The Morgan fingerprint density at radius 1 is 0.889 bits per heavy atom. The maximum atomic E-state index is 13.4. The number of fused-ring (bicyclic) bond motifs is 1. The Balaban J connectivity index is 1.72. The zero-order valence-electron chi connectivity index (χ0n) is 14.3. The van der Waals surface area contributed by atoms with Crippen molar-refractivity contribution >= 4 is 17.4 Å². The van der Waals surface area contributed by atoms with Gasteiger partial charge in [0.25, 0.3) is 5.91 Å². The van der Waals surface area contributed by atoms with E-state index in [4.69, 9.17) is 0 Å². The first-order valence-corrected chi connectivity index (χ1v) is 8.55. The third-order valence-electron chi connectivity index (χ3n) is 4.71. The standard InChI is InChI=1S/C22H15F2NO2/c23-17-9-6-14(12-18(17)24)22(27)25-19-10-7-15(13-4-2-1-3-5-13)16-8-11-20(26)21(16)19/h1-7,9-10,12H,8,11H2,(H,25,27). The molecule has 1 N–H and O–H groups in total. The van der Waals surface area contributed by atoms with Gasteiger partial charge in [0, 0.05) is 17.5 Å². The first kappa shape index (κ1) is 17.1. The van der Waals surface area contributed by atoms with Gasteiger partial charge in [0.05, 0.1) is 5.69 Å². The van der Waals surface area contributed by atoms with Crippen molar-refractivity contribution < 1.29 is 18.4 Å². The van der Waals surface area contributed by atoms with Crippen LogP contribution < -0.4 is 5.32 Å². The number of rotatable bonds is 3. The van der Waals surface area contributed by atoms with Crippen LogP contribution in [0.15, 0.2) is 60.7 Å². The van der Waals surface area contributed by atoms with E-state index >= 15 is 0 Å². The molecule has 0 radical (unpaired) electrons. The van der Waals surface area contributed by atoms with Crippen molar-refractivity contribution in [3.8, 4) is 11.1 Å². The van der Waals surface area contributed by atoms with E-state index in [1.807, 2.05) is 36.4 Å². The van der Waals surface area contributed by atoms with Crippen LogP contribution in [-0.4, -0.2) is 11.7 Å². The maximum Gasteiger partial charge on any atom is 0.255 e. The fourth-order valence-corrected chi connectivity index (χ4v) is 3.41. The lowest BCUT2D eigenvalue weighted by atomic mass is 9.95. The fourth-order valence-electron chi connectivity index (χ4n) is 3.41. The van der Waals surface area contributed by atoms with Crippen LogP contribution in [0.3, 0.4) is 0 Å². The Labute approximate surface area is 154 Å². The van der Waals surface area contributed by atoms with Gasteiger partial charge < -0.3 is 5.32 Å². The minimum atomic E-state index is -1.09. The molecular weight excluding hydrogens is 348 g/mol. The van der Waals surface area contributed by atoms with Crippen LogP contribution in [0, 0.1) is 11.6 Å². The molecule has 0 spiro atoms. The van der Waals surface area contributed by atoms with Gasteiger partial charge in [-0.25, -0.2) is 8.78 Å². The van der Waals surface area contributed by atoms with Gasteiger partial charge in [0.2, 0.25) is 0 Å². The first-order valence-electron chi connectivity index (χ1n) is 8.55. The molecule has 0 unspecified atom stereocenters. The number of ketones is 1.